The number of carbonyl (C=O) groups excluding carboxylic acids is 2. The monoisotopic (exact) mass is 269 g/mol. The Morgan fingerprint density at radius 2 is 2.05 bits per heavy atom. The van der Waals surface area contributed by atoms with Crippen LogP contribution in [0.1, 0.15) is 19.3 Å². The summed E-state index contributed by atoms with van der Waals surface area (Å²) in [6.07, 6.45) is 1.53. The second-order valence-corrected chi connectivity index (χ2v) is 5.11. The fraction of sp³-hybridized carbons (Fsp3) is 0.750. The van der Waals surface area contributed by atoms with Gasteiger partial charge in [-0.2, -0.15) is 0 Å². The summed E-state index contributed by atoms with van der Waals surface area (Å²) in [6, 6.07) is -0.440. The quantitative estimate of drug-likeness (QED) is 0.754. The summed E-state index contributed by atoms with van der Waals surface area (Å²) in [5, 5.41) is 8.85. The molecule has 0 spiro atoms. The van der Waals surface area contributed by atoms with Gasteiger partial charge in [0.05, 0.1) is 6.42 Å². The molecular formula is C12H19N3O4. The molecule has 0 bridgehead atoms. The van der Waals surface area contributed by atoms with Crippen molar-refractivity contribution in [3.63, 3.8) is 0 Å². The summed E-state index contributed by atoms with van der Waals surface area (Å²) in [5.74, 6) is -0.965. The average molecular weight is 269 g/mol. The predicted octanol–water partition coefficient (Wildman–Crippen LogP) is -0.180. The normalized spacial score (nSPS) is 23.9. The van der Waals surface area contributed by atoms with Gasteiger partial charge < -0.3 is 19.8 Å². The fourth-order valence-electron chi connectivity index (χ4n) is 2.60. The van der Waals surface area contributed by atoms with E-state index in [0.717, 1.165) is 12.8 Å². The molecule has 1 N–H and O–H groups in total. The van der Waals surface area contributed by atoms with E-state index in [1.54, 1.807) is 16.8 Å². The molecule has 1 unspecified atom stereocenters. The molecule has 2 saturated heterocycles. The van der Waals surface area contributed by atoms with E-state index in [4.69, 9.17) is 5.11 Å². The summed E-state index contributed by atoms with van der Waals surface area (Å²) in [4.78, 5) is 39.4. The maximum Gasteiger partial charge on any atom is 0.320 e. The minimum absolute atomic E-state index is 0.0204. The third-order valence-electron chi connectivity index (χ3n) is 3.76. The predicted molar refractivity (Wildman–Crippen MR) is 66.6 cm³/mol. The Hall–Kier alpha value is -1.79. The number of carboxylic acids is 1. The first-order chi connectivity index (χ1) is 8.99. The maximum atomic E-state index is 12.3. The Kier molecular flexibility index (Phi) is 3.92. The molecular weight excluding hydrogens is 250 g/mol. The molecule has 7 heteroatoms. The highest BCUT2D eigenvalue weighted by Gasteiger charge is 2.35. The van der Waals surface area contributed by atoms with Crippen LogP contribution in [0, 0.1) is 0 Å². The van der Waals surface area contributed by atoms with E-state index >= 15 is 0 Å². The Morgan fingerprint density at radius 1 is 1.32 bits per heavy atom. The number of urea groups is 1. The van der Waals surface area contributed by atoms with Crippen LogP contribution in [0.2, 0.25) is 0 Å². The summed E-state index contributed by atoms with van der Waals surface area (Å²) in [5.41, 5.74) is 0. The van der Waals surface area contributed by atoms with Gasteiger partial charge in [-0.1, -0.05) is 0 Å². The van der Waals surface area contributed by atoms with Crippen LogP contribution in [0.25, 0.3) is 0 Å². The molecule has 0 aliphatic carbocycles. The lowest BCUT2D eigenvalue weighted by molar-refractivity contribution is -0.138. The van der Waals surface area contributed by atoms with Gasteiger partial charge in [0.1, 0.15) is 6.54 Å². The van der Waals surface area contributed by atoms with Gasteiger partial charge in [0, 0.05) is 32.7 Å². The van der Waals surface area contributed by atoms with Gasteiger partial charge in [0.25, 0.3) is 0 Å². The minimum Gasteiger partial charge on any atom is -0.481 e. The molecule has 0 aromatic heterocycles. The van der Waals surface area contributed by atoms with Crippen molar-refractivity contribution in [1.82, 2.24) is 14.7 Å². The topological polar surface area (TPSA) is 81.2 Å². The van der Waals surface area contributed by atoms with Crippen LogP contribution in [0.15, 0.2) is 0 Å². The molecule has 3 amide bonds. The van der Waals surface area contributed by atoms with Gasteiger partial charge in [0.2, 0.25) is 5.91 Å². The number of hydrogen-bond donors (Lipinski definition) is 1. The number of nitrogens with zero attached hydrogens (tertiary/aromatic N) is 3. The lowest BCUT2D eigenvalue weighted by Gasteiger charge is -2.36. The summed E-state index contributed by atoms with van der Waals surface area (Å²) < 4.78 is 0. The number of likely N-dealkylation sites (N-methyl/N-ethyl adjacent to an activating group) is 1. The Bertz CT molecular complexity index is 398. The van der Waals surface area contributed by atoms with Crippen molar-refractivity contribution in [3.05, 3.63) is 0 Å². The van der Waals surface area contributed by atoms with Crippen molar-refractivity contribution in [2.45, 2.75) is 25.3 Å². The van der Waals surface area contributed by atoms with E-state index in [2.05, 4.69) is 0 Å². The molecule has 2 aliphatic heterocycles. The highest BCUT2D eigenvalue weighted by Crippen LogP contribution is 2.22. The van der Waals surface area contributed by atoms with Gasteiger partial charge in [-0.25, -0.2) is 4.79 Å². The van der Waals surface area contributed by atoms with Crippen LogP contribution in [0.5, 0.6) is 0 Å². The summed E-state index contributed by atoms with van der Waals surface area (Å²) in [7, 11) is 1.72. The van der Waals surface area contributed by atoms with Crippen molar-refractivity contribution in [1.29, 1.82) is 0 Å². The third kappa shape index (κ3) is 2.97. The first-order valence-electron chi connectivity index (χ1n) is 6.50. The van der Waals surface area contributed by atoms with Gasteiger partial charge in [-0.3, -0.25) is 9.59 Å². The molecule has 1 atom stereocenters. The minimum atomic E-state index is -0.890. The smallest absolute Gasteiger partial charge is 0.320 e. The second kappa shape index (κ2) is 5.46. The van der Waals surface area contributed by atoms with Gasteiger partial charge in [-0.15, -0.1) is 0 Å². The summed E-state index contributed by atoms with van der Waals surface area (Å²) >= 11 is 0. The van der Waals surface area contributed by atoms with Crippen LogP contribution < -0.4 is 0 Å². The molecule has 0 aromatic rings. The average Bonchev–Trinajstić information content (AvgIpc) is 2.79. The molecule has 2 heterocycles. The van der Waals surface area contributed by atoms with Crippen LogP contribution in [-0.4, -0.2) is 77.0 Å². The van der Waals surface area contributed by atoms with E-state index in [9.17, 15) is 14.4 Å². The van der Waals surface area contributed by atoms with Gasteiger partial charge >= 0.3 is 12.0 Å². The highest BCUT2D eigenvalue weighted by atomic mass is 16.4. The summed E-state index contributed by atoms with van der Waals surface area (Å²) in [6.45, 7) is 1.71. The Labute approximate surface area is 111 Å². The lowest BCUT2D eigenvalue weighted by atomic mass is 10.1. The van der Waals surface area contributed by atoms with Crippen molar-refractivity contribution in [2.24, 2.45) is 0 Å². The van der Waals surface area contributed by atoms with Crippen molar-refractivity contribution < 1.29 is 19.5 Å². The first kappa shape index (κ1) is 13.6. The molecule has 0 radical (unpaired) electrons. The number of piperazine rings is 1. The number of amides is 3. The zero-order valence-electron chi connectivity index (χ0n) is 11.0. The van der Waals surface area contributed by atoms with Crippen LogP contribution >= 0.6 is 0 Å². The van der Waals surface area contributed by atoms with E-state index in [1.807, 2.05) is 0 Å². The van der Waals surface area contributed by atoms with Crippen LogP contribution in [0.4, 0.5) is 4.79 Å². The molecule has 2 rings (SSSR count). The number of carboxylic acid groups (broad SMARTS) is 1. The standard InChI is InChI=1S/C12H19N3O4/c1-13-5-6-14(8-10(13)16)12(19)15-4-2-3-9(15)7-11(17)18/h9H,2-8H2,1H3,(H,17,18). The zero-order valence-corrected chi connectivity index (χ0v) is 11.0. The number of rotatable bonds is 2. The van der Waals surface area contributed by atoms with Crippen molar-refractivity contribution in [2.75, 3.05) is 33.2 Å². The molecule has 19 heavy (non-hydrogen) atoms. The van der Waals surface area contributed by atoms with Gasteiger partial charge in [-0.05, 0) is 12.8 Å². The second-order valence-electron chi connectivity index (χ2n) is 5.11. The van der Waals surface area contributed by atoms with Crippen molar-refractivity contribution >= 4 is 17.9 Å². The first-order valence-corrected chi connectivity index (χ1v) is 6.50. The third-order valence-corrected chi connectivity index (χ3v) is 3.76. The largest absolute Gasteiger partial charge is 0.481 e. The fourth-order valence-corrected chi connectivity index (χ4v) is 2.60. The molecule has 2 aliphatic rings. The number of aliphatic carboxylic acids is 1. The maximum absolute atomic E-state index is 12.3. The highest BCUT2D eigenvalue weighted by molar-refractivity contribution is 5.85. The molecule has 106 valence electrons. The molecule has 0 aromatic carbocycles. The van der Waals surface area contributed by atoms with Crippen LogP contribution in [-0.2, 0) is 9.59 Å². The SMILES string of the molecule is CN1CCN(C(=O)N2CCCC2CC(=O)O)CC1=O. The molecule has 7 nitrogen and oxygen atoms in total. The van der Waals surface area contributed by atoms with Gasteiger partial charge in [0.15, 0.2) is 0 Å². The molecule has 2 fully saturated rings. The van der Waals surface area contributed by atoms with Crippen molar-refractivity contribution in [3.8, 4) is 0 Å². The Balaban J connectivity index is 1.98. The number of hydrogen-bond acceptors (Lipinski definition) is 3. The zero-order chi connectivity index (χ0) is 14.0. The van der Waals surface area contributed by atoms with Crippen LogP contribution in [0.3, 0.4) is 0 Å². The van der Waals surface area contributed by atoms with E-state index in [0.29, 0.717) is 19.6 Å². The number of carbonyl (C=O) groups is 3. The van der Waals surface area contributed by atoms with E-state index in [-0.39, 0.29) is 30.9 Å². The lowest BCUT2D eigenvalue weighted by Crippen LogP contribution is -2.55. The number of likely N-dealkylation sites (tertiary alicyclic amines) is 1. The molecule has 0 saturated carbocycles. The Morgan fingerprint density at radius 3 is 2.68 bits per heavy atom. The van der Waals surface area contributed by atoms with E-state index in [1.165, 1.54) is 4.90 Å². The van der Waals surface area contributed by atoms with E-state index < -0.39 is 5.97 Å².